The van der Waals surface area contributed by atoms with Gasteiger partial charge in [0.05, 0.1) is 23.6 Å². The van der Waals surface area contributed by atoms with E-state index < -0.39 is 6.04 Å². The van der Waals surface area contributed by atoms with Gasteiger partial charge in [0, 0.05) is 48.4 Å². The number of benzene rings is 2. The van der Waals surface area contributed by atoms with Crippen molar-refractivity contribution in [3.63, 3.8) is 0 Å². The molecule has 2 atom stereocenters. The van der Waals surface area contributed by atoms with Gasteiger partial charge >= 0.3 is 0 Å². The van der Waals surface area contributed by atoms with Crippen molar-refractivity contribution in [3.05, 3.63) is 101 Å². The number of imidazole rings is 1. The smallest absolute Gasteiger partial charge is 0.223 e. The maximum Gasteiger partial charge on any atom is 0.223 e. The number of hydrogen-bond donors (Lipinski definition) is 2. The number of anilines is 1. The summed E-state index contributed by atoms with van der Waals surface area (Å²) in [4.78, 5) is 18.8. The second-order valence-corrected chi connectivity index (χ2v) is 9.33. The van der Waals surface area contributed by atoms with Crippen molar-refractivity contribution in [2.75, 3.05) is 4.90 Å². The van der Waals surface area contributed by atoms with Crippen molar-refractivity contribution in [1.29, 1.82) is 0 Å². The zero-order valence-electron chi connectivity index (χ0n) is 20.2. The Kier molecular flexibility index (Phi) is 4.75. The van der Waals surface area contributed by atoms with Crippen LogP contribution in [0.5, 0.6) is 0 Å². The number of H-pyrrole nitrogens is 2. The van der Waals surface area contributed by atoms with Gasteiger partial charge in [-0.1, -0.05) is 23.4 Å². The molecule has 0 fully saturated rings. The minimum absolute atomic E-state index is 0.114. The van der Waals surface area contributed by atoms with Gasteiger partial charge in [0.1, 0.15) is 11.9 Å². The molecule has 37 heavy (non-hydrogen) atoms. The summed E-state index contributed by atoms with van der Waals surface area (Å²) < 4.78 is 20.8. The molecule has 10 heteroatoms. The molecule has 1 aliphatic rings. The molecule has 6 aromatic rings. The topological polar surface area (TPSA) is 104 Å². The standard InChI is InChI=1S/C27H23FN8O/c1-15-31-26(34-37-15)25-24-20(19-5-3-4-6-21(19)32-24)11-23(17-12-30-35(2)14-17)36(25)27-29-13-22(33-27)16-7-9-18(28)10-8-16/h3-10,12-14,23,25,32H,11H2,1-2H3,(H,29,33)/t23-,25+/m1/s1. The van der Waals surface area contributed by atoms with Crippen LogP contribution in [0.4, 0.5) is 10.3 Å². The molecule has 2 aromatic carbocycles. The van der Waals surface area contributed by atoms with E-state index in [2.05, 4.69) is 48.3 Å². The largest absolute Gasteiger partial charge is 0.356 e. The number of halogens is 1. The third kappa shape index (κ3) is 3.52. The summed E-state index contributed by atoms with van der Waals surface area (Å²) in [5.41, 5.74) is 5.84. The number of aromatic nitrogens is 7. The number of nitrogens with one attached hydrogen (secondary N) is 2. The predicted octanol–water partition coefficient (Wildman–Crippen LogP) is 5.02. The van der Waals surface area contributed by atoms with Crippen LogP contribution in [-0.4, -0.2) is 34.9 Å². The molecule has 0 saturated heterocycles. The van der Waals surface area contributed by atoms with Gasteiger partial charge in [-0.25, -0.2) is 9.37 Å². The molecular formula is C27H23FN8O. The van der Waals surface area contributed by atoms with Crippen LogP contribution in [0, 0.1) is 12.7 Å². The molecule has 4 aromatic heterocycles. The lowest BCUT2D eigenvalue weighted by Crippen LogP contribution is -2.40. The van der Waals surface area contributed by atoms with E-state index in [1.54, 1.807) is 23.7 Å². The fraction of sp³-hybridized carbons (Fsp3) is 0.185. The average molecular weight is 495 g/mol. The Morgan fingerprint density at radius 1 is 1.08 bits per heavy atom. The van der Waals surface area contributed by atoms with Gasteiger partial charge in [-0.2, -0.15) is 10.1 Å². The van der Waals surface area contributed by atoms with Gasteiger partial charge in [-0.3, -0.25) is 4.68 Å². The Hall–Kier alpha value is -4.73. The highest BCUT2D eigenvalue weighted by atomic mass is 19.1. The maximum atomic E-state index is 13.5. The number of aromatic amines is 2. The zero-order valence-corrected chi connectivity index (χ0v) is 20.2. The third-order valence-electron chi connectivity index (χ3n) is 6.98. The fourth-order valence-electron chi connectivity index (χ4n) is 5.34. The van der Waals surface area contributed by atoms with Gasteiger partial charge in [-0.05, 0) is 42.3 Å². The lowest BCUT2D eigenvalue weighted by atomic mass is 9.89. The summed E-state index contributed by atoms with van der Waals surface area (Å²) in [6.07, 6.45) is 6.48. The van der Waals surface area contributed by atoms with Crippen molar-refractivity contribution in [2.24, 2.45) is 7.05 Å². The Labute approximate surface area is 211 Å². The molecule has 9 nitrogen and oxygen atoms in total. The highest BCUT2D eigenvalue weighted by Gasteiger charge is 2.42. The first-order valence-corrected chi connectivity index (χ1v) is 12.0. The van der Waals surface area contributed by atoms with E-state index in [9.17, 15) is 4.39 Å². The molecule has 0 bridgehead atoms. The first-order valence-electron chi connectivity index (χ1n) is 12.0. The molecule has 7 rings (SSSR count). The lowest BCUT2D eigenvalue weighted by Gasteiger charge is -2.40. The Balaban J connectivity index is 1.45. The summed E-state index contributed by atoms with van der Waals surface area (Å²) in [6, 6.07) is 14.1. The molecule has 0 saturated carbocycles. The molecule has 0 spiro atoms. The molecule has 0 amide bonds. The monoisotopic (exact) mass is 494 g/mol. The lowest BCUT2D eigenvalue weighted by molar-refractivity contribution is 0.380. The minimum Gasteiger partial charge on any atom is -0.356 e. The fourth-order valence-corrected chi connectivity index (χ4v) is 5.34. The maximum absolute atomic E-state index is 13.5. The molecule has 1 aliphatic heterocycles. The van der Waals surface area contributed by atoms with Crippen molar-refractivity contribution in [1.82, 2.24) is 34.9 Å². The van der Waals surface area contributed by atoms with Crippen LogP contribution < -0.4 is 4.90 Å². The molecule has 184 valence electrons. The normalized spacial score (nSPS) is 17.4. The third-order valence-corrected chi connectivity index (χ3v) is 6.98. The van der Waals surface area contributed by atoms with E-state index in [1.807, 2.05) is 31.7 Å². The predicted molar refractivity (Wildman–Crippen MR) is 135 cm³/mol. The van der Waals surface area contributed by atoms with E-state index in [-0.39, 0.29) is 11.9 Å². The van der Waals surface area contributed by atoms with Gasteiger partial charge < -0.3 is 19.4 Å². The molecule has 5 heterocycles. The highest BCUT2D eigenvalue weighted by molar-refractivity contribution is 5.86. The molecule has 2 N–H and O–H groups in total. The molecular weight excluding hydrogens is 471 g/mol. The summed E-state index contributed by atoms with van der Waals surface area (Å²) in [7, 11) is 1.91. The average Bonchev–Trinajstić information content (AvgIpc) is 3.70. The first kappa shape index (κ1) is 21.5. The van der Waals surface area contributed by atoms with Crippen molar-refractivity contribution < 1.29 is 8.91 Å². The SMILES string of the molecule is Cc1nc([C@@H]2c3[nH]c4ccccc4c3C[C@H](c3cnn(C)c3)N2c2nc(-c3ccc(F)cc3)c[nH]2)no1. The van der Waals surface area contributed by atoms with Gasteiger partial charge in [-0.15, -0.1) is 0 Å². The van der Waals surface area contributed by atoms with E-state index in [1.165, 1.54) is 23.1 Å². The minimum atomic E-state index is -0.397. The molecule has 0 unspecified atom stereocenters. The van der Waals surface area contributed by atoms with Crippen LogP contribution in [0.2, 0.25) is 0 Å². The summed E-state index contributed by atoms with van der Waals surface area (Å²) in [5.74, 6) is 1.39. The molecule has 0 aliphatic carbocycles. The Morgan fingerprint density at radius 3 is 2.68 bits per heavy atom. The van der Waals surface area contributed by atoms with Crippen molar-refractivity contribution in [2.45, 2.75) is 25.4 Å². The Bertz CT molecular complexity index is 1730. The number of rotatable bonds is 4. The van der Waals surface area contributed by atoms with Crippen LogP contribution in [0.3, 0.4) is 0 Å². The van der Waals surface area contributed by atoms with Crippen molar-refractivity contribution >= 4 is 16.9 Å². The Morgan fingerprint density at radius 2 is 1.92 bits per heavy atom. The van der Waals surface area contributed by atoms with Gasteiger partial charge in [0.2, 0.25) is 11.8 Å². The van der Waals surface area contributed by atoms with E-state index >= 15 is 0 Å². The quantitative estimate of drug-likeness (QED) is 0.357. The van der Waals surface area contributed by atoms with Crippen LogP contribution in [0.1, 0.15) is 40.6 Å². The van der Waals surface area contributed by atoms with Crippen molar-refractivity contribution in [3.8, 4) is 11.3 Å². The number of nitrogens with zero attached hydrogens (tertiary/aromatic N) is 6. The second kappa shape index (κ2) is 8.16. The van der Waals surface area contributed by atoms with Crippen LogP contribution >= 0.6 is 0 Å². The number of fused-ring (bicyclic) bond motifs is 3. The van der Waals surface area contributed by atoms with E-state index in [4.69, 9.17) is 9.51 Å². The summed E-state index contributed by atoms with van der Waals surface area (Å²) >= 11 is 0. The summed E-state index contributed by atoms with van der Waals surface area (Å²) in [5, 5.41) is 9.96. The second-order valence-electron chi connectivity index (χ2n) is 9.33. The number of aryl methyl sites for hydroxylation is 2. The summed E-state index contributed by atoms with van der Waals surface area (Å²) in [6.45, 7) is 1.79. The van der Waals surface area contributed by atoms with Crippen LogP contribution in [0.15, 0.2) is 71.6 Å². The van der Waals surface area contributed by atoms with Gasteiger partial charge in [0.15, 0.2) is 5.82 Å². The van der Waals surface area contributed by atoms with E-state index in [0.29, 0.717) is 23.4 Å². The molecule has 0 radical (unpaired) electrons. The number of para-hydroxylation sites is 1. The van der Waals surface area contributed by atoms with Crippen LogP contribution in [-0.2, 0) is 13.5 Å². The van der Waals surface area contributed by atoms with Crippen LogP contribution in [0.25, 0.3) is 22.2 Å². The zero-order chi connectivity index (χ0) is 25.1. The van der Waals surface area contributed by atoms with Gasteiger partial charge in [0.25, 0.3) is 0 Å². The van der Waals surface area contributed by atoms with E-state index in [0.717, 1.165) is 28.8 Å². The highest BCUT2D eigenvalue weighted by Crippen LogP contribution is 2.46. The number of hydrogen-bond acceptors (Lipinski definition) is 6. The first-order chi connectivity index (χ1) is 18.0.